The third-order valence-electron chi connectivity index (χ3n) is 2.55. The van der Waals surface area contributed by atoms with Crippen LogP contribution in [0.4, 0.5) is 0 Å². The number of hydrogen-bond donors (Lipinski definition) is 2. The molecule has 0 aromatic carbocycles. The SMILES string of the molecule is CC1(C)CC2CC(C)(N2)N1. The standard InChI is InChI=1S/C8H16N2/c1-7(2)4-6-5-8(3,9-6)10-7/h6,9-10H,4-5H2,1-3H3. The Labute approximate surface area is 62.4 Å². The van der Waals surface area contributed by atoms with Gasteiger partial charge < -0.3 is 0 Å². The van der Waals surface area contributed by atoms with Crippen molar-refractivity contribution in [3.05, 3.63) is 0 Å². The minimum Gasteiger partial charge on any atom is -0.297 e. The van der Waals surface area contributed by atoms with Crippen molar-refractivity contribution in [3.8, 4) is 0 Å². The highest BCUT2D eigenvalue weighted by atomic mass is 15.3. The molecule has 0 aromatic heterocycles. The van der Waals surface area contributed by atoms with Crippen LogP contribution in [0.2, 0.25) is 0 Å². The topological polar surface area (TPSA) is 24.1 Å². The summed E-state index contributed by atoms with van der Waals surface area (Å²) < 4.78 is 0. The lowest BCUT2D eigenvalue weighted by atomic mass is 9.76. The first kappa shape index (κ1) is 6.62. The highest BCUT2D eigenvalue weighted by molar-refractivity contribution is 5.09. The fraction of sp³-hybridized carbons (Fsp3) is 1.00. The Morgan fingerprint density at radius 3 is 2.10 bits per heavy atom. The summed E-state index contributed by atoms with van der Waals surface area (Å²) in [4.78, 5) is 0. The van der Waals surface area contributed by atoms with Crippen LogP contribution in [0.3, 0.4) is 0 Å². The van der Waals surface area contributed by atoms with Crippen molar-refractivity contribution in [1.82, 2.24) is 10.6 Å². The molecule has 2 bridgehead atoms. The van der Waals surface area contributed by atoms with E-state index in [2.05, 4.69) is 31.4 Å². The normalized spacial score (nSPS) is 50.1. The van der Waals surface area contributed by atoms with Gasteiger partial charge in [-0.05, 0) is 33.6 Å². The summed E-state index contributed by atoms with van der Waals surface area (Å²) in [6.07, 6.45) is 2.57. The van der Waals surface area contributed by atoms with Gasteiger partial charge in [0.05, 0.1) is 5.66 Å². The smallest absolute Gasteiger partial charge is 0.0679 e. The predicted molar refractivity (Wildman–Crippen MR) is 41.8 cm³/mol. The van der Waals surface area contributed by atoms with E-state index in [1.165, 1.54) is 12.8 Å². The van der Waals surface area contributed by atoms with Crippen LogP contribution in [-0.4, -0.2) is 17.2 Å². The largest absolute Gasteiger partial charge is 0.297 e. The van der Waals surface area contributed by atoms with Crippen molar-refractivity contribution in [2.75, 3.05) is 0 Å². The van der Waals surface area contributed by atoms with Gasteiger partial charge in [0.1, 0.15) is 0 Å². The molecule has 10 heavy (non-hydrogen) atoms. The summed E-state index contributed by atoms with van der Waals surface area (Å²) in [5, 5.41) is 7.09. The fourth-order valence-corrected chi connectivity index (χ4v) is 2.55. The Morgan fingerprint density at radius 2 is 1.80 bits per heavy atom. The van der Waals surface area contributed by atoms with Crippen LogP contribution in [-0.2, 0) is 0 Å². The van der Waals surface area contributed by atoms with Crippen molar-refractivity contribution in [2.24, 2.45) is 0 Å². The van der Waals surface area contributed by atoms with Gasteiger partial charge >= 0.3 is 0 Å². The maximum absolute atomic E-state index is 3.59. The molecule has 0 saturated carbocycles. The second-order valence-corrected chi connectivity index (χ2v) is 4.59. The van der Waals surface area contributed by atoms with E-state index in [4.69, 9.17) is 0 Å². The zero-order chi connectivity index (χ0) is 7.41. The quantitative estimate of drug-likeness (QED) is 0.521. The number of piperidine rings is 1. The minimum absolute atomic E-state index is 0.256. The van der Waals surface area contributed by atoms with Gasteiger partial charge in [0.2, 0.25) is 0 Å². The van der Waals surface area contributed by atoms with E-state index in [0.717, 1.165) is 6.04 Å². The average molecular weight is 140 g/mol. The van der Waals surface area contributed by atoms with E-state index in [-0.39, 0.29) is 5.66 Å². The number of fused-ring (bicyclic) bond motifs is 2. The predicted octanol–water partition coefficient (Wildman–Crippen LogP) is 0.836. The van der Waals surface area contributed by atoms with Crippen LogP contribution in [0.5, 0.6) is 0 Å². The molecule has 0 amide bonds. The van der Waals surface area contributed by atoms with Gasteiger partial charge in [0, 0.05) is 11.6 Å². The molecular formula is C8H16N2. The molecule has 2 heteroatoms. The highest BCUT2D eigenvalue weighted by Crippen LogP contribution is 2.35. The van der Waals surface area contributed by atoms with Crippen LogP contribution in [0.15, 0.2) is 0 Å². The number of nitrogens with one attached hydrogen (secondary N) is 2. The van der Waals surface area contributed by atoms with E-state index >= 15 is 0 Å². The lowest BCUT2D eigenvalue weighted by molar-refractivity contribution is 0.00416. The van der Waals surface area contributed by atoms with Gasteiger partial charge in [-0.1, -0.05) is 0 Å². The van der Waals surface area contributed by atoms with E-state index in [1.807, 2.05) is 0 Å². The maximum Gasteiger partial charge on any atom is 0.0679 e. The molecule has 3 aliphatic rings. The number of rotatable bonds is 0. The lowest BCUT2D eigenvalue weighted by Crippen LogP contribution is -2.79. The first-order chi connectivity index (χ1) is 4.49. The van der Waals surface area contributed by atoms with Crippen molar-refractivity contribution in [3.63, 3.8) is 0 Å². The van der Waals surface area contributed by atoms with Gasteiger partial charge in [-0.3, -0.25) is 10.6 Å². The van der Waals surface area contributed by atoms with Crippen molar-refractivity contribution < 1.29 is 0 Å². The van der Waals surface area contributed by atoms with E-state index in [9.17, 15) is 0 Å². The van der Waals surface area contributed by atoms with Gasteiger partial charge in [0.15, 0.2) is 0 Å². The summed E-state index contributed by atoms with van der Waals surface area (Å²) in [7, 11) is 0. The maximum atomic E-state index is 3.59. The van der Waals surface area contributed by atoms with Gasteiger partial charge in [-0.2, -0.15) is 0 Å². The molecule has 2 atom stereocenters. The monoisotopic (exact) mass is 140 g/mol. The third kappa shape index (κ3) is 0.867. The van der Waals surface area contributed by atoms with Crippen LogP contribution >= 0.6 is 0 Å². The lowest BCUT2D eigenvalue weighted by Gasteiger charge is -2.58. The van der Waals surface area contributed by atoms with Crippen LogP contribution in [0, 0.1) is 0 Å². The van der Waals surface area contributed by atoms with Gasteiger partial charge in [-0.25, -0.2) is 0 Å². The average Bonchev–Trinajstić information content (AvgIpc) is 1.54. The molecule has 3 heterocycles. The van der Waals surface area contributed by atoms with Crippen molar-refractivity contribution in [2.45, 2.75) is 50.9 Å². The molecule has 2 N–H and O–H groups in total. The first-order valence-electron chi connectivity index (χ1n) is 4.06. The molecule has 0 aromatic rings. The summed E-state index contributed by atoms with van der Waals surface area (Å²) in [6, 6.07) is 0.779. The van der Waals surface area contributed by atoms with Crippen LogP contribution in [0.1, 0.15) is 33.6 Å². The molecule has 0 aliphatic carbocycles. The molecule has 2 nitrogen and oxygen atoms in total. The van der Waals surface area contributed by atoms with Crippen molar-refractivity contribution in [1.29, 1.82) is 0 Å². The molecule has 0 spiro atoms. The van der Waals surface area contributed by atoms with Gasteiger partial charge in [0.25, 0.3) is 0 Å². The third-order valence-corrected chi connectivity index (χ3v) is 2.55. The summed E-state index contributed by atoms with van der Waals surface area (Å²) >= 11 is 0. The molecular weight excluding hydrogens is 124 g/mol. The zero-order valence-corrected chi connectivity index (χ0v) is 6.99. The Bertz CT molecular complexity index is 154. The minimum atomic E-state index is 0.256. The summed E-state index contributed by atoms with van der Waals surface area (Å²) in [5.74, 6) is 0. The summed E-state index contributed by atoms with van der Waals surface area (Å²) in [5.41, 5.74) is 0.606. The van der Waals surface area contributed by atoms with E-state index in [0.29, 0.717) is 5.54 Å². The molecule has 3 saturated heterocycles. The molecule has 58 valence electrons. The summed E-state index contributed by atoms with van der Waals surface area (Å²) in [6.45, 7) is 6.79. The molecule has 3 aliphatic heterocycles. The highest BCUT2D eigenvalue weighted by Gasteiger charge is 2.49. The van der Waals surface area contributed by atoms with E-state index < -0.39 is 0 Å². The fourth-order valence-electron chi connectivity index (χ4n) is 2.55. The Morgan fingerprint density at radius 1 is 1.20 bits per heavy atom. The molecule has 2 unspecified atom stereocenters. The van der Waals surface area contributed by atoms with Crippen LogP contribution in [0.25, 0.3) is 0 Å². The first-order valence-corrected chi connectivity index (χ1v) is 4.06. The molecule has 0 radical (unpaired) electrons. The van der Waals surface area contributed by atoms with Crippen LogP contribution < -0.4 is 10.6 Å². The second kappa shape index (κ2) is 1.56. The van der Waals surface area contributed by atoms with E-state index in [1.54, 1.807) is 0 Å². The van der Waals surface area contributed by atoms with Gasteiger partial charge in [-0.15, -0.1) is 0 Å². The Hall–Kier alpha value is -0.0800. The molecule has 3 rings (SSSR count). The molecule has 3 fully saturated rings. The zero-order valence-electron chi connectivity index (χ0n) is 6.99. The Kier molecular flexibility index (Phi) is 1.03. The van der Waals surface area contributed by atoms with Crippen molar-refractivity contribution >= 4 is 0 Å². The number of hydrogen-bond acceptors (Lipinski definition) is 2. The second-order valence-electron chi connectivity index (χ2n) is 4.59. The Balaban J connectivity index is 2.12.